The fourth-order valence-electron chi connectivity index (χ4n) is 2.69. The van der Waals surface area contributed by atoms with Gasteiger partial charge in [0.15, 0.2) is 0 Å². The number of amides is 1. The molecule has 2 aromatic carbocycles. The number of rotatable bonds is 3. The van der Waals surface area contributed by atoms with E-state index >= 15 is 0 Å². The summed E-state index contributed by atoms with van der Waals surface area (Å²) in [4.78, 5) is 16.9. The van der Waals surface area contributed by atoms with Crippen LogP contribution in [0.2, 0.25) is 0 Å². The van der Waals surface area contributed by atoms with Gasteiger partial charge in [-0.25, -0.2) is 0 Å². The van der Waals surface area contributed by atoms with Gasteiger partial charge in [-0.1, -0.05) is 51.1 Å². The van der Waals surface area contributed by atoms with E-state index in [9.17, 15) is 4.79 Å². The van der Waals surface area contributed by atoms with E-state index in [2.05, 4.69) is 10.3 Å². The molecule has 4 heteroatoms. The van der Waals surface area contributed by atoms with E-state index in [0.717, 1.165) is 27.8 Å². The predicted octanol–water partition coefficient (Wildman–Crippen LogP) is 4.90. The Morgan fingerprint density at radius 2 is 1.76 bits per heavy atom. The summed E-state index contributed by atoms with van der Waals surface area (Å²) in [7, 11) is 1.66. The molecule has 25 heavy (non-hydrogen) atoms. The van der Waals surface area contributed by atoms with E-state index in [4.69, 9.17) is 4.74 Å². The number of benzene rings is 2. The molecule has 0 unspecified atom stereocenters. The monoisotopic (exact) mass is 334 g/mol. The molecule has 4 nitrogen and oxygen atoms in total. The molecule has 3 rings (SSSR count). The quantitative estimate of drug-likeness (QED) is 0.741. The van der Waals surface area contributed by atoms with Gasteiger partial charge in [0.25, 0.3) is 0 Å². The SMILES string of the molecule is COc1ccccc1-c1ccc(NC(=O)C(C)(C)C)c2ncccc12. The summed E-state index contributed by atoms with van der Waals surface area (Å²) in [6.45, 7) is 5.67. The van der Waals surface area contributed by atoms with E-state index in [1.54, 1.807) is 13.3 Å². The number of nitrogens with zero attached hydrogens (tertiary/aromatic N) is 1. The van der Waals surface area contributed by atoms with Crippen LogP contribution in [0.1, 0.15) is 20.8 Å². The number of pyridine rings is 1. The molecule has 0 aliphatic carbocycles. The van der Waals surface area contributed by atoms with E-state index < -0.39 is 5.41 Å². The van der Waals surface area contributed by atoms with Crippen LogP contribution >= 0.6 is 0 Å². The van der Waals surface area contributed by atoms with Gasteiger partial charge in [-0.3, -0.25) is 9.78 Å². The summed E-state index contributed by atoms with van der Waals surface area (Å²) in [5.41, 5.74) is 3.03. The Labute approximate surface area is 147 Å². The van der Waals surface area contributed by atoms with Gasteiger partial charge in [0.1, 0.15) is 5.75 Å². The Morgan fingerprint density at radius 1 is 1.00 bits per heavy atom. The first-order valence-corrected chi connectivity index (χ1v) is 8.24. The lowest BCUT2D eigenvalue weighted by molar-refractivity contribution is -0.123. The molecule has 1 heterocycles. The van der Waals surface area contributed by atoms with Crippen LogP contribution in [0.3, 0.4) is 0 Å². The van der Waals surface area contributed by atoms with Crippen LogP contribution in [0.15, 0.2) is 54.7 Å². The molecule has 3 aromatic rings. The number of carbonyl (C=O) groups excluding carboxylic acids is 1. The lowest BCUT2D eigenvalue weighted by Gasteiger charge is -2.19. The third kappa shape index (κ3) is 3.33. The Balaban J connectivity index is 2.16. The van der Waals surface area contributed by atoms with Crippen LogP contribution < -0.4 is 10.1 Å². The second-order valence-electron chi connectivity index (χ2n) is 6.96. The predicted molar refractivity (Wildman–Crippen MR) is 102 cm³/mol. The van der Waals surface area contributed by atoms with Gasteiger partial charge in [0.2, 0.25) is 5.91 Å². The molecule has 0 aliphatic rings. The van der Waals surface area contributed by atoms with Crippen molar-refractivity contribution in [1.29, 1.82) is 0 Å². The largest absolute Gasteiger partial charge is 0.496 e. The van der Waals surface area contributed by atoms with Gasteiger partial charge in [-0.2, -0.15) is 0 Å². The summed E-state index contributed by atoms with van der Waals surface area (Å²) >= 11 is 0. The summed E-state index contributed by atoms with van der Waals surface area (Å²) in [5, 5.41) is 3.97. The number of methoxy groups -OCH3 is 1. The van der Waals surface area contributed by atoms with Crippen LogP contribution in [0.5, 0.6) is 5.75 Å². The summed E-state index contributed by atoms with van der Waals surface area (Å²) in [6.07, 6.45) is 1.74. The van der Waals surface area contributed by atoms with Crippen molar-refractivity contribution in [3.8, 4) is 16.9 Å². The number of nitrogens with one attached hydrogen (secondary N) is 1. The topological polar surface area (TPSA) is 51.2 Å². The van der Waals surface area contributed by atoms with Crippen molar-refractivity contribution in [3.63, 3.8) is 0 Å². The van der Waals surface area contributed by atoms with E-state index in [1.807, 2.05) is 69.3 Å². The van der Waals surface area contributed by atoms with Gasteiger partial charge >= 0.3 is 0 Å². The molecule has 1 aromatic heterocycles. The number of hydrogen-bond donors (Lipinski definition) is 1. The summed E-state index contributed by atoms with van der Waals surface area (Å²) < 4.78 is 5.50. The van der Waals surface area contributed by atoms with Crippen LogP contribution in [0.4, 0.5) is 5.69 Å². The van der Waals surface area contributed by atoms with Crippen LogP contribution in [0.25, 0.3) is 22.0 Å². The molecular formula is C21H22N2O2. The van der Waals surface area contributed by atoms with Gasteiger partial charge in [0, 0.05) is 22.6 Å². The Bertz CT molecular complexity index is 927. The van der Waals surface area contributed by atoms with Crippen molar-refractivity contribution >= 4 is 22.5 Å². The van der Waals surface area contributed by atoms with Crippen molar-refractivity contribution < 1.29 is 9.53 Å². The van der Waals surface area contributed by atoms with Crippen molar-refractivity contribution in [3.05, 3.63) is 54.7 Å². The maximum absolute atomic E-state index is 12.4. The molecule has 1 amide bonds. The van der Waals surface area contributed by atoms with Crippen LogP contribution in [0, 0.1) is 5.41 Å². The number of aromatic nitrogens is 1. The van der Waals surface area contributed by atoms with Gasteiger partial charge in [-0.15, -0.1) is 0 Å². The molecule has 128 valence electrons. The average Bonchev–Trinajstić information content (AvgIpc) is 2.61. The lowest BCUT2D eigenvalue weighted by Crippen LogP contribution is -2.27. The Morgan fingerprint density at radius 3 is 2.48 bits per heavy atom. The zero-order valence-corrected chi connectivity index (χ0v) is 15.0. The van der Waals surface area contributed by atoms with Crippen molar-refractivity contribution in [2.24, 2.45) is 5.41 Å². The molecule has 0 saturated carbocycles. The minimum atomic E-state index is -0.470. The van der Waals surface area contributed by atoms with Crippen molar-refractivity contribution in [2.75, 3.05) is 12.4 Å². The van der Waals surface area contributed by atoms with E-state index in [-0.39, 0.29) is 5.91 Å². The van der Waals surface area contributed by atoms with Crippen molar-refractivity contribution in [2.45, 2.75) is 20.8 Å². The fourth-order valence-corrected chi connectivity index (χ4v) is 2.69. The first-order chi connectivity index (χ1) is 11.9. The third-order valence-electron chi connectivity index (χ3n) is 4.10. The van der Waals surface area contributed by atoms with Crippen LogP contribution in [-0.4, -0.2) is 18.0 Å². The zero-order chi connectivity index (χ0) is 18.0. The molecule has 0 atom stereocenters. The Hall–Kier alpha value is -2.88. The van der Waals surface area contributed by atoms with Gasteiger partial charge in [-0.05, 0) is 23.8 Å². The third-order valence-corrected chi connectivity index (χ3v) is 4.10. The number of carbonyl (C=O) groups is 1. The first-order valence-electron chi connectivity index (χ1n) is 8.24. The zero-order valence-electron chi connectivity index (χ0n) is 15.0. The van der Waals surface area contributed by atoms with Gasteiger partial charge < -0.3 is 10.1 Å². The second kappa shape index (κ2) is 6.55. The molecule has 0 spiro atoms. The van der Waals surface area contributed by atoms with E-state index in [0.29, 0.717) is 5.69 Å². The molecular weight excluding hydrogens is 312 g/mol. The molecule has 0 saturated heterocycles. The summed E-state index contributed by atoms with van der Waals surface area (Å²) in [6, 6.07) is 15.7. The fraction of sp³-hybridized carbons (Fsp3) is 0.238. The number of anilines is 1. The minimum Gasteiger partial charge on any atom is -0.496 e. The molecule has 1 N–H and O–H groups in total. The minimum absolute atomic E-state index is 0.0375. The van der Waals surface area contributed by atoms with Crippen LogP contribution in [-0.2, 0) is 4.79 Å². The van der Waals surface area contributed by atoms with Gasteiger partial charge in [0.05, 0.1) is 18.3 Å². The highest BCUT2D eigenvalue weighted by Crippen LogP contribution is 2.37. The maximum atomic E-state index is 12.4. The number of para-hydroxylation sites is 1. The van der Waals surface area contributed by atoms with Crippen molar-refractivity contribution in [1.82, 2.24) is 4.98 Å². The maximum Gasteiger partial charge on any atom is 0.229 e. The highest BCUT2D eigenvalue weighted by atomic mass is 16.5. The highest BCUT2D eigenvalue weighted by Gasteiger charge is 2.22. The number of fused-ring (bicyclic) bond motifs is 1. The number of ether oxygens (including phenoxy) is 1. The number of hydrogen-bond acceptors (Lipinski definition) is 3. The lowest BCUT2D eigenvalue weighted by atomic mass is 9.95. The smallest absolute Gasteiger partial charge is 0.229 e. The molecule has 0 radical (unpaired) electrons. The first kappa shape index (κ1) is 17.0. The normalized spacial score (nSPS) is 11.4. The second-order valence-corrected chi connectivity index (χ2v) is 6.96. The Kier molecular flexibility index (Phi) is 4.45. The standard InChI is InChI=1S/C21H22N2O2/c1-21(2,3)20(24)23-17-12-11-14(16-9-7-13-22-19(16)17)15-8-5-6-10-18(15)25-4/h5-13H,1-4H3,(H,23,24). The molecule has 0 bridgehead atoms. The van der Waals surface area contributed by atoms with E-state index in [1.165, 1.54) is 0 Å². The molecule has 0 aliphatic heterocycles. The highest BCUT2D eigenvalue weighted by molar-refractivity contribution is 6.07. The average molecular weight is 334 g/mol. The molecule has 0 fully saturated rings. The summed E-state index contributed by atoms with van der Waals surface area (Å²) in [5.74, 6) is 0.767.